The summed E-state index contributed by atoms with van der Waals surface area (Å²) in [4.78, 5) is 0. The van der Waals surface area contributed by atoms with Crippen LogP contribution in [0.15, 0.2) is 0 Å². The Morgan fingerprint density at radius 2 is 1.80 bits per heavy atom. The lowest BCUT2D eigenvalue weighted by atomic mass is 10.1. The minimum Gasteiger partial charge on any atom is -0.241 e. The van der Waals surface area contributed by atoms with Crippen molar-refractivity contribution >= 4 is 0 Å². The van der Waals surface area contributed by atoms with Crippen LogP contribution in [0.1, 0.15) is 33.1 Å². The van der Waals surface area contributed by atoms with E-state index in [9.17, 15) is 13.2 Å². The van der Waals surface area contributed by atoms with Crippen molar-refractivity contribution in [1.29, 1.82) is 0 Å². The highest BCUT2D eigenvalue weighted by Gasteiger charge is 2.36. The van der Waals surface area contributed by atoms with Crippen LogP contribution < -0.4 is 0 Å². The molecule has 0 aromatic heterocycles. The summed E-state index contributed by atoms with van der Waals surface area (Å²) in [6, 6.07) is 0. The molecule has 0 fully saturated rings. The minimum atomic E-state index is -3.12. The lowest BCUT2D eigenvalue weighted by Gasteiger charge is -2.17. The summed E-state index contributed by atoms with van der Waals surface area (Å²) in [5, 5.41) is 0. The van der Waals surface area contributed by atoms with Gasteiger partial charge < -0.3 is 0 Å². The Kier molecular flexibility index (Phi) is 3.76. The molecule has 0 amide bonds. The van der Waals surface area contributed by atoms with E-state index in [-0.39, 0.29) is 6.42 Å². The van der Waals surface area contributed by atoms with E-state index in [1.807, 2.05) is 0 Å². The van der Waals surface area contributed by atoms with Gasteiger partial charge >= 0.3 is 0 Å². The fraction of sp³-hybridized carbons (Fsp3) is 1.00. The first-order valence-corrected chi connectivity index (χ1v) is 3.56. The molecule has 0 saturated heterocycles. The monoisotopic (exact) mass is 154 g/mol. The van der Waals surface area contributed by atoms with Crippen molar-refractivity contribution in [2.24, 2.45) is 0 Å². The Labute approximate surface area is 59.4 Å². The fourth-order valence-corrected chi connectivity index (χ4v) is 0.686. The number of alkyl halides is 3. The largest absolute Gasteiger partial charge is 0.278 e. The van der Waals surface area contributed by atoms with E-state index in [4.69, 9.17) is 0 Å². The average Bonchev–Trinajstić information content (AvgIpc) is 1.89. The summed E-state index contributed by atoms with van der Waals surface area (Å²) in [6.45, 7) is 2.99. The third-order valence-electron chi connectivity index (χ3n) is 1.47. The van der Waals surface area contributed by atoms with E-state index in [2.05, 4.69) is 0 Å². The Balaban J connectivity index is 3.78. The second kappa shape index (κ2) is 3.84. The molecule has 0 aliphatic rings. The Morgan fingerprint density at radius 3 is 2.10 bits per heavy atom. The molecule has 0 saturated carbocycles. The van der Waals surface area contributed by atoms with E-state index < -0.39 is 18.5 Å². The normalized spacial score (nSPS) is 15.3. The predicted octanol–water partition coefficient (Wildman–Crippen LogP) is 3.17. The van der Waals surface area contributed by atoms with Gasteiger partial charge in [-0.1, -0.05) is 20.3 Å². The molecule has 0 aromatic carbocycles. The number of hydrogen-bond donors (Lipinski definition) is 0. The minimum absolute atomic E-state index is 0.0408. The van der Waals surface area contributed by atoms with Gasteiger partial charge in [0.1, 0.15) is 0 Å². The molecule has 0 aromatic rings. The van der Waals surface area contributed by atoms with Gasteiger partial charge in [-0.2, -0.15) is 0 Å². The maximum absolute atomic E-state index is 12.4. The molecule has 0 bridgehead atoms. The van der Waals surface area contributed by atoms with Crippen LogP contribution in [0.3, 0.4) is 0 Å². The van der Waals surface area contributed by atoms with E-state index in [1.54, 1.807) is 6.92 Å². The SMILES string of the molecule is CCC[C@H](F)C(F)(F)CC. The third-order valence-corrected chi connectivity index (χ3v) is 1.47. The van der Waals surface area contributed by atoms with Gasteiger partial charge in [0.15, 0.2) is 6.17 Å². The van der Waals surface area contributed by atoms with Crippen LogP contribution in [-0.2, 0) is 0 Å². The molecule has 0 aliphatic carbocycles. The zero-order valence-corrected chi connectivity index (χ0v) is 6.33. The first kappa shape index (κ1) is 9.79. The smallest absolute Gasteiger partial charge is 0.241 e. The summed E-state index contributed by atoms with van der Waals surface area (Å²) < 4.78 is 37.1. The zero-order chi connectivity index (χ0) is 8.20. The highest BCUT2D eigenvalue weighted by Crippen LogP contribution is 2.27. The first-order valence-electron chi connectivity index (χ1n) is 3.56. The van der Waals surface area contributed by atoms with Crippen molar-refractivity contribution in [1.82, 2.24) is 0 Å². The van der Waals surface area contributed by atoms with Gasteiger partial charge in [-0.15, -0.1) is 0 Å². The Morgan fingerprint density at radius 1 is 1.30 bits per heavy atom. The highest BCUT2D eigenvalue weighted by atomic mass is 19.3. The Bertz CT molecular complexity index is 90.9. The molecule has 1 atom stereocenters. The molecule has 10 heavy (non-hydrogen) atoms. The molecule has 0 heterocycles. The molecule has 62 valence electrons. The number of rotatable bonds is 4. The summed E-state index contributed by atoms with van der Waals surface area (Å²) in [7, 11) is 0. The maximum atomic E-state index is 12.4. The van der Waals surface area contributed by atoms with Gasteiger partial charge in [0.25, 0.3) is 5.92 Å². The van der Waals surface area contributed by atoms with Crippen LogP contribution in [-0.4, -0.2) is 12.1 Å². The molecule has 0 nitrogen and oxygen atoms in total. The van der Waals surface area contributed by atoms with Crippen molar-refractivity contribution in [3.63, 3.8) is 0 Å². The van der Waals surface area contributed by atoms with Crippen molar-refractivity contribution < 1.29 is 13.2 Å². The van der Waals surface area contributed by atoms with Crippen LogP contribution in [0.2, 0.25) is 0 Å². The van der Waals surface area contributed by atoms with Gasteiger partial charge in [-0.25, -0.2) is 13.2 Å². The van der Waals surface area contributed by atoms with E-state index in [0.717, 1.165) is 0 Å². The zero-order valence-electron chi connectivity index (χ0n) is 6.33. The van der Waals surface area contributed by atoms with Gasteiger partial charge in [0, 0.05) is 6.42 Å². The van der Waals surface area contributed by atoms with Crippen LogP contribution in [0.25, 0.3) is 0 Å². The van der Waals surface area contributed by atoms with E-state index in [0.29, 0.717) is 6.42 Å². The molecule has 3 heteroatoms. The van der Waals surface area contributed by atoms with Crippen molar-refractivity contribution in [2.45, 2.75) is 45.2 Å². The maximum Gasteiger partial charge on any atom is 0.278 e. The molecule has 0 rings (SSSR count). The van der Waals surface area contributed by atoms with Crippen LogP contribution in [0, 0.1) is 0 Å². The van der Waals surface area contributed by atoms with Crippen LogP contribution in [0.5, 0.6) is 0 Å². The van der Waals surface area contributed by atoms with Gasteiger partial charge in [-0.05, 0) is 6.42 Å². The van der Waals surface area contributed by atoms with Crippen molar-refractivity contribution in [3.05, 3.63) is 0 Å². The topological polar surface area (TPSA) is 0 Å². The van der Waals surface area contributed by atoms with Gasteiger partial charge in [-0.3, -0.25) is 0 Å². The average molecular weight is 154 g/mol. The third kappa shape index (κ3) is 2.58. The van der Waals surface area contributed by atoms with Crippen molar-refractivity contribution in [2.75, 3.05) is 0 Å². The quantitative estimate of drug-likeness (QED) is 0.583. The number of halogens is 3. The molecule has 0 N–H and O–H groups in total. The lowest BCUT2D eigenvalue weighted by molar-refractivity contribution is -0.0774. The summed E-state index contributed by atoms with van der Waals surface area (Å²) in [5.41, 5.74) is 0. The van der Waals surface area contributed by atoms with Crippen molar-refractivity contribution in [3.8, 4) is 0 Å². The molecule has 0 radical (unpaired) electrons. The standard InChI is InChI=1S/C7H13F3/c1-3-5-6(8)7(9,10)4-2/h6H,3-5H2,1-2H3/t6-/m0/s1. The lowest BCUT2D eigenvalue weighted by Crippen LogP contribution is -2.28. The highest BCUT2D eigenvalue weighted by molar-refractivity contribution is 4.74. The second-order valence-electron chi connectivity index (χ2n) is 2.37. The summed E-state index contributed by atoms with van der Waals surface area (Å²) in [5.74, 6) is -3.12. The molecular formula is C7H13F3. The molecule has 0 aliphatic heterocycles. The van der Waals surface area contributed by atoms with Crippen LogP contribution in [0.4, 0.5) is 13.2 Å². The second-order valence-corrected chi connectivity index (χ2v) is 2.37. The van der Waals surface area contributed by atoms with Gasteiger partial charge in [0.2, 0.25) is 0 Å². The Hall–Kier alpha value is -0.210. The molecular weight excluding hydrogens is 141 g/mol. The first-order chi connectivity index (χ1) is 4.54. The van der Waals surface area contributed by atoms with E-state index >= 15 is 0 Å². The van der Waals surface area contributed by atoms with Gasteiger partial charge in [0.05, 0.1) is 0 Å². The summed E-state index contributed by atoms with van der Waals surface area (Å²) >= 11 is 0. The summed E-state index contributed by atoms with van der Waals surface area (Å²) in [6.07, 6.45) is -1.94. The van der Waals surface area contributed by atoms with E-state index in [1.165, 1.54) is 6.92 Å². The molecule has 0 unspecified atom stereocenters. The van der Waals surface area contributed by atoms with Crippen LogP contribution >= 0.6 is 0 Å². The number of hydrogen-bond acceptors (Lipinski definition) is 0. The predicted molar refractivity (Wildman–Crippen MR) is 35.0 cm³/mol. The fourth-order valence-electron chi connectivity index (χ4n) is 0.686. The molecule has 0 spiro atoms.